The van der Waals surface area contributed by atoms with Crippen molar-refractivity contribution in [3.8, 4) is 0 Å². The third-order valence-electron chi connectivity index (χ3n) is 3.74. The van der Waals surface area contributed by atoms with Crippen LogP contribution in [-0.4, -0.2) is 23.5 Å². The maximum Gasteiger partial charge on any atom is 0.251 e. The number of benzene rings is 1. The zero-order valence-electron chi connectivity index (χ0n) is 12.4. The van der Waals surface area contributed by atoms with Gasteiger partial charge in [-0.3, -0.25) is 10.6 Å². The number of anilines is 1. The molecule has 7 heteroatoms. The summed E-state index contributed by atoms with van der Waals surface area (Å²) in [5, 5.41) is 2.74. The van der Waals surface area contributed by atoms with Gasteiger partial charge in [-0.15, -0.1) is 0 Å². The summed E-state index contributed by atoms with van der Waals surface area (Å²) in [5.41, 5.74) is 1.41. The minimum atomic E-state index is -0.898. The molecule has 0 aliphatic rings. The molecule has 1 rings (SSSR count). The van der Waals surface area contributed by atoms with Crippen LogP contribution in [0.5, 0.6) is 0 Å². The average molecular weight is 317 g/mol. The van der Waals surface area contributed by atoms with E-state index < -0.39 is 23.2 Å². The maximum absolute atomic E-state index is 13.6. The lowest BCUT2D eigenvalue weighted by atomic mass is 10.0. The fraction of sp³-hybridized carbons (Fsp3) is 0.500. The first-order valence-electron chi connectivity index (χ1n) is 6.72. The van der Waals surface area contributed by atoms with E-state index in [1.54, 1.807) is 11.8 Å². The van der Waals surface area contributed by atoms with Crippen LogP contribution in [0, 0.1) is 11.6 Å². The van der Waals surface area contributed by atoms with Crippen LogP contribution in [0.1, 0.15) is 37.0 Å². The number of hydrogen-bond donors (Lipinski definition) is 3. The van der Waals surface area contributed by atoms with Crippen molar-refractivity contribution >= 4 is 23.4 Å². The Labute approximate surface area is 127 Å². The quantitative estimate of drug-likeness (QED) is 0.534. The van der Waals surface area contributed by atoms with Gasteiger partial charge < -0.3 is 10.7 Å². The number of carbonyl (C=O) groups is 1. The van der Waals surface area contributed by atoms with E-state index in [4.69, 9.17) is 5.84 Å². The van der Waals surface area contributed by atoms with Crippen LogP contribution < -0.4 is 16.6 Å². The van der Waals surface area contributed by atoms with Crippen molar-refractivity contribution in [3.63, 3.8) is 0 Å². The first-order valence-corrected chi connectivity index (χ1v) is 7.94. The molecule has 4 nitrogen and oxygen atoms in total. The van der Waals surface area contributed by atoms with Crippen LogP contribution in [-0.2, 0) is 0 Å². The molecule has 0 aromatic heterocycles. The van der Waals surface area contributed by atoms with E-state index in [0.29, 0.717) is 6.54 Å². The van der Waals surface area contributed by atoms with Crippen molar-refractivity contribution in [2.24, 2.45) is 5.84 Å². The van der Waals surface area contributed by atoms with Crippen molar-refractivity contribution in [1.29, 1.82) is 0 Å². The minimum Gasteiger partial charge on any atom is -0.351 e. The predicted molar refractivity (Wildman–Crippen MR) is 83.3 cm³/mol. The molecule has 0 heterocycles. The Bertz CT molecular complexity index is 476. The van der Waals surface area contributed by atoms with Gasteiger partial charge in [-0.05, 0) is 31.2 Å². The number of carbonyl (C=O) groups excluding carboxylic acids is 1. The minimum absolute atomic E-state index is 0.0637. The van der Waals surface area contributed by atoms with E-state index in [1.807, 2.05) is 25.5 Å². The van der Waals surface area contributed by atoms with Gasteiger partial charge in [0.15, 0.2) is 11.6 Å². The summed E-state index contributed by atoms with van der Waals surface area (Å²) in [7, 11) is 0. The Morgan fingerprint density at radius 2 is 1.81 bits per heavy atom. The van der Waals surface area contributed by atoms with Crippen molar-refractivity contribution in [2.75, 3.05) is 18.2 Å². The lowest BCUT2D eigenvalue weighted by Crippen LogP contribution is -2.39. The molecule has 0 aliphatic heterocycles. The number of thioether (sulfide) groups is 1. The van der Waals surface area contributed by atoms with Crippen LogP contribution >= 0.6 is 11.8 Å². The molecule has 4 N–H and O–H groups in total. The van der Waals surface area contributed by atoms with Gasteiger partial charge >= 0.3 is 0 Å². The van der Waals surface area contributed by atoms with E-state index in [0.717, 1.165) is 25.0 Å². The van der Waals surface area contributed by atoms with Crippen molar-refractivity contribution in [2.45, 2.75) is 31.4 Å². The number of nitrogen functional groups attached to an aromatic ring is 1. The topological polar surface area (TPSA) is 67.2 Å². The predicted octanol–water partition coefficient (Wildman–Crippen LogP) is 2.90. The summed E-state index contributed by atoms with van der Waals surface area (Å²) < 4.78 is 27.1. The molecule has 1 aromatic rings. The number of rotatable bonds is 7. The molecule has 0 aliphatic carbocycles. The van der Waals surface area contributed by atoms with Crippen LogP contribution in [0.4, 0.5) is 14.5 Å². The molecule has 21 heavy (non-hydrogen) atoms. The molecule has 0 saturated carbocycles. The molecule has 0 unspecified atom stereocenters. The van der Waals surface area contributed by atoms with Crippen LogP contribution in [0.3, 0.4) is 0 Å². The lowest BCUT2D eigenvalue weighted by molar-refractivity contribution is 0.0948. The summed E-state index contributed by atoms with van der Waals surface area (Å²) in [6.07, 6.45) is 3.77. The zero-order chi connectivity index (χ0) is 16.0. The zero-order valence-corrected chi connectivity index (χ0v) is 13.2. The highest BCUT2D eigenvalue weighted by Gasteiger charge is 2.26. The first kappa shape index (κ1) is 17.7. The van der Waals surface area contributed by atoms with Gasteiger partial charge in [0, 0.05) is 16.9 Å². The van der Waals surface area contributed by atoms with Gasteiger partial charge in [0.25, 0.3) is 5.91 Å². The molecule has 0 bridgehead atoms. The van der Waals surface area contributed by atoms with Gasteiger partial charge in [0.1, 0.15) is 5.69 Å². The highest BCUT2D eigenvalue weighted by molar-refractivity contribution is 8.00. The van der Waals surface area contributed by atoms with Crippen molar-refractivity contribution < 1.29 is 13.6 Å². The lowest BCUT2D eigenvalue weighted by Gasteiger charge is -2.29. The number of nitrogens with two attached hydrogens (primary N) is 1. The van der Waals surface area contributed by atoms with E-state index >= 15 is 0 Å². The number of hydrogen-bond acceptors (Lipinski definition) is 4. The van der Waals surface area contributed by atoms with Crippen molar-refractivity contribution in [1.82, 2.24) is 5.32 Å². The van der Waals surface area contributed by atoms with Crippen LogP contribution in [0.25, 0.3) is 0 Å². The highest BCUT2D eigenvalue weighted by Crippen LogP contribution is 2.29. The molecule has 0 fully saturated rings. The molecule has 0 spiro atoms. The summed E-state index contributed by atoms with van der Waals surface area (Å²) in [4.78, 5) is 12.0. The summed E-state index contributed by atoms with van der Waals surface area (Å²) in [5.74, 6) is 2.71. The Morgan fingerprint density at radius 1 is 1.29 bits per heavy atom. The van der Waals surface area contributed by atoms with Gasteiger partial charge in [0.2, 0.25) is 0 Å². The van der Waals surface area contributed by atoms with E-state index in [2.05, 4.69) is 5.32 Å². The number of halogens is 2. The SMILES string of the molecule is CCC(CC)(CNC(=O)c1cc(F)c(NN)c(F)c1)SC. The van der Waals surface area contributed by atoms with Crippen molar-refractivity contribution in [3.05, 3.63) is 29.3 Å². The third kappa shape index (κ3) is 4.07. The number of amides is 1. The maximum atomic E-state index is 13.6. The van der Waals surface area contributed by atoms with Crippen LogP contribution in [0.2, 0.25) is 0 Å². The standard InChI is InChI=1S/C14H21F2N3OS/c1-4-14(5-2,21-3)8-18-13(20)9-6-10(15)12(19-17)11(16)7-9/h6-7,19H,4-5,8,17H2,1-3H3,(H,18,20). The summed E-state index contributed by atoms with van der Waals surface area (Å²) in [6, 6.07) is 1.93. The fourth-order valence-electron chi connectivity index (χ4n) is 2.05. The number of nitrogens with one attached hydrogen (secondary N) is 2. The van der Waals surface area contributed by atoms with E-state index in [9.17, 15) is 13.6 Å². The Morgan fingerprint density at radius 3 is 2.19 bits per heavy atom. The Hall–Kier alpha value is -1.34. The van der Waals surface area contributed by atoms with Gasteiger partial charge in [-0.25, -0.2) is 8.78 Å². The fourth-order valence-corrected chi connectivity index (χ4v) is 2.84. The normalized spacial score (nSPS) is 11.3. The summed E-state index contributed by atoms with van der Waals surface area (Å²) >= 11 is 1.68. The largest absolute Gasteiger partial charge is 0.351 e. The monoisotopic (exact) mass is 317 g/mol. The highest BCUT2D eigenvalue weighted by atomic mass is 32.2. The molecule has 0 radical (unpaired) electrons. The first-order chi connectivity index (χ1) is 9.92. The molecule has 1 aromatic carbocycles. The van der Waals surface area contributed by atoms with E-state index in [1.165, 1.54) is 0 Å². The second kappa shape index (κ2) is 7.61. The molecular formula is C14H21F2N3OS. The Kier molecular flexibility index (Phi) is 6.42. The molecule has 118 valence electrons. The molecular weight excluding hydrogens is 296 g/mol. The number of hydrazine groups is 1. The van der Waals surface area contributed by atoms with Gasteiger partial charge in [-0.1, -0.05) is 13.8 Å². The smallest absolute Gasteiger partial charge is 0.251 e. The second-order valence-corrected chi connectivity index (χ2v) is 6.01. The van der Waals surface area contributed by atoms with Crippen LogP contribution in [0.15, 0.2) is 12.1 Å². The third-order valence-corrected chi connectivity index (χ3v) is 5.33. The Balaban J connectivity index is 2.86. The van der Waals surface area contributed by atoms with Gasteiger partial charge in [-0.2, -0.15) is 11.8 Å². The second-order valence-electron chi connectivity index (χ2n) is 4.74. The molecule has 1 amide bonds. The average Bonchev–Trinajstić information content (AvgIpc) is 2.48. The molecule has 0 atom stereocenters. The van der Waals surface area contributed by atoms with Gasteiger partial charge in [0.05, 0.1) is 0 Å². The molecule has 0 saturated heterocycles. The summed E-state index contributed by atoms with van der Waals surface area (Å²) in [6.45, 7) is 4.54. The van der Waals surface area contributed by atoms with E-state index in [-0.39, 0.29) is 10.3 Å².